The number of fused-ring (bicyclic) bond motifs is 2. The lowest BCUT2D eigenvalue weighted by molar-refractivity contribution is 0.200. The highest BCUT2D eigenvalue weighted by atomic mass is 16.2. The molecule has 0 aromatic heterocycles. The zero-order valence-electron chi connectivity index (χ0n) is 17.4. The molecule has 0 aliphatic carbocycles. The number of urea groups is 1. The van der Waals surface area contributed by atoms with Crippen LogP contribution in [0.2, 0.25) is 0 Å². The van der Waals surface area contributed by atoms with E-state index in [0.29, 0.717) is 12.6 Å². The van der Waals surface area contributed by atoms with Crippen molar-refractivity contribution in [1.82, 2.24) is 15.5 Å². The molecule has 150 valence electrons. The third kappa shape index (κ3) is 4.28. The molecule has 0 saturated heterocycles. The van der Waals surface area contributed by atoms with Crippen molar-refractivity contribution in [2.45, 2.75) is 38.4 Å². The second-order valence-electron chi connectivity index (χ2n) is 8.56. The predicted octanol–water partition coefficient (Wildman–Crippen LogP) is 4.43. The zero-order chi connectivity index (χ0) is 20.4. The number of carbonyl (C=O) groups is 1. The maximum absolute atomic E-state index is 12.6. The van der Waals surface area contributed by atoms with Crippen LogP contribution in [0.25, 0.3) is 10.8 Å². The van der Waals surface area contributed by atoms with Gasteiger partial charge in [0.25, 0.3) is 0 Å². The lowest BCUT2D eigenvalue weighted by atomic mass is 9.92. The minimum absolute atomic E-state index is 0.129. The molecule has 4 rings (SSSR count). The van der Waals surface area contributed by atoms with E-state index in [9.17, 15) is 4.79 Å². The van der Waals surface area contributed by atoms with Gasteiger partial charge in [0.15, 0.2) is 0 Å². The van der Waals surface area contributed by atoms with Crippen LogP contribution in [0, 0.1) is 0 Å². The van der Waals surface area contributed by atoms with Gasteiger partial charge in [-0.25, -0.2) is 4.79 Å². The molecule has 2 N–H and O–H groups in total. The van der Waals surface area contributed by atoms with Crippen LogP contribution in [-0.4, -0.2) is 30.6 Å². The van der Waals surface area contributed by atoms with Crippen LogP contribution in [0.15, 0.2) is 66.7 Å². The quantitative estimate of drug-likeness (QED) is 0.696. The molecule has 2 amide bonds. The average molecular weight is 388 g/mol. The first-order chi connectivity index (χ1) is 13.9. The molecule has 4 nitrogen and oxygen atoms in total. The third-order valence-electron chi connectivity index (χ3n) is 6.01. The summed E-state index contributed by atoms with van der Waals surface area (Å²) in [5.74, 6) is 0. The molecular formula is C25H29N3O. The van der Waals surface area contributed by atoms with Crippen LogP contribution in [0.1, 0.15) is 30.5 Å². The second kappa shape index (κ2) is 7.88. The van der Waals surface area contributed by atoms with Gasteiger partial charge in [-0.3, -0.25) is 4.90 Å². The molecular weight excluding hydrogens is 358 g/mol. The molecule has 3 aromatic rings. The van der Waals surface area contributed by atoms with Crippen molar-refractivity contribution in [3.63, 3.8) is 0 Å². The molecule has 0 fully saturated rings. The Morgan fingerprint density at radius 3 is 2.48 bits per heavy atom. The van der Waals surface area contributed by atoms with Crippen molar-refractivity contribution in [1.29, 1.82) is 0 Å². The zero-order valence-corrected chi connectivity index (χ0v) is 17.4. The summed E-state index contributed by atoms with van der Waals surface area (Å²) in [6.07, 6.45) is 0.959. The van der Waals surface area contributed by atoms with E-state index in [1.807, 2.05) is 26.0 Å². The molecule has 3 aromatic carbocycles. The van der Waals surface area contributed by atoms with Crippen LogP contribution in [0.5, 0.6) is 0 Å². The van der Waals surface area contributed by atoms with E-state index in [1.54, 1.807) is 0 Å². The van der Waals surface area contributed by atoms with Crippen LogP contribution in [-0.2, 0) is 18.5 Å². The van der Waals surface area contributed by atoms with Crippen molar-refractivity contribution in [3.8, 4) is 0 Å². The molecule has 1 aliphatic heterocycles. The van der Waals surface area contributed by atoms with Crippen molar-refractivity contribution >= 4 is 16.8 Å². The standard InChI is InChI=1S/C25H29N3O/c1-25(2,22-13-12-18-8-4-5-9-19(18)14-22)27-24(29)26-16-23-15-20-10-6-7-11-21(20)17-28(23)3/h4-14,23H,15-17H2,1-3H3,(H2,26,27,29)/t23-/m0/s1. The number of hydrogen-bond acceptors (Lipinski definition) is 2. The second-order valence-corrected chi connectivity index (χ2v) is 8.56. The van der Waals surface area contributed by atoms with E-state index in [2.05, 4.69) is 77.2 Å². The van der Waals surface area contributed by atoms with Gasteiger partial charge in [0.05, 0.1) is 5.54 Å². The van der Waals surface area contributed by atoms with E-state index in [1.165, 1.54) is 21.9 Å². The van der Waals surface area contributed by atoms with Gasteiger partial charge in [-0.05, 0) is 60.8 Å². The SMILES string of the molecule is CN1Cc2ccccc2C[C@H]1CNC(=O)NC(C)(C)c1ccc2ccccc2c1. The Morgan fingerprint density at radius 2 is 1.69 bits per heavy atom. The highest BCUT2D eigenvalue weighted by molar-refractivity contribution is 5.83. The Morgan fingerprint density at radius 1 is 1.00 bits per heavy atom. The summed E-state index contributed by atoms with van der Waals surface area (Å²) in [6.45, 7) is 5.64. The summed E-state index contributed by atoms with van der Waals surface area (Å²) in [5.41, 5.74) is 3.40. The van der Waals surface area contributed by atoms with Gasteiger partial charge in [0.2, 0.25) is 0 Å². The summed E-state index contributed by atoms with van der Waals surface area (Å²) in [6, 6.07) is 23.4. The maximum Gasteiger partial charge on any atom is 0.315 e. The number of nitrogens with one attached hydrogen (secondary N) is 2. The molecule has 4 heteroatoms. The summed E-state index contributed by atoms with van der Waals surface area (Å²) >= 11 is 0. The van der Waals surface area contributed by atoms with E-state index >= 15 is 0 Å². The Hall–Kier alpha value is -2.85. The van der Waals surface area contributed by atoms with Gasteiger partial charge < -0.3 is 10.6 Å². The Bertz CT molecular complexity index is 1030. The summed E-state index contributed by atoms with van der Waals surface area (Å²) in [5, 5.41) is 8.62. The average Bonchev–Trinajstić information content (AvgIpc) is 2.71. The first-order valence-electron chi connectivity index (χ1n) is 10.2. The summed E-state index contributed by atoms with van der Waals surface area (Å²) in [4.78, 5) is 15.0. The van der Waals surface area contributed by atoms with Gasteiger partial charge in [-0.2, -0.15) is 0 Å². The smallest absolute Gasteiger partial charge is 0.315 e. The van der Waals surface area contributed by atoms with Crippen LogP contribution in [0.3, 0.4) is 0 Å². The fourth-order valence-corrected chi connectivity index (χ4v) is 4.14. The van der Waals surface area contributed by atoms with E-state index in [0.717, 1.165) is 18.5 Å². The van der Waals surface area contributed by atoms with Gasteiger partial charge >= 0.3 is 6.03 Å². The number of amides is 2. The fraction of sp³-hybridized carbons (Fsp3) is 0.320. The molecule has 0 radical (unpaired) electrons. The number of rotatable bonds is 4. The lowest BCUT2D eigenvalue weighted by Gasteiger charge is -2.34. The Labute approximate surface area is 172 Å². The fourth-order valence-electron chi connectivity index (χ4n) is 4.14. The van der Waals surface area contributed by atoms with E-state index in [-0.39, 0.29) is 6.03 Å². The van der Waals surface area contributed by atoms with E-state index < -0.39 is 5.54 Å². The number of hydrogen-bond donors (Lipinski definition) is 2. The van der Waals surface area contributed by atoms with Gasteiger partial charge in [0.1, 0.15) is 0 Å². The van der Waals surface area contributed by atoms with Crippen LogP contribution < -0.4 is 10.6 Å². The van der Waals surface area contributed by atoms with Crippen molar-refractivity contribution < 1.29 is 4.79 Å². The minimum atomic E-state index is -0.459. The van der Waals surface area contributed by atoms with Gasteiger partial charge in [0, 0.05) is 19.1 Å². The van der Waals surface area contributed by atoms with Crippen LogP contribution in [0.4, 0.5) is 4.79 Å². The van der Waals surface area contributed by atoms with Gasteiger partial charge in [-0.1, -0.05) is 60.7 Å². The molecule has 1 heterocycles. The molecule has 0 spiro atoms. The lowest BCUT2D eigenvalue weighted by Crippen LogP contribution is -2.51. The molecule has 1 aliphatic rings. The number of likely N-dealkylation sites (N-methyl/N-ethyl adjacent to an activating group) is 1. The Kier molecular flexibility index (Phi) is 5.29. The maximum atomic E-state index is 12.6. The predicted molar refractivity (Wildman–Crippen MR) is 119 cm³/mol. The first-order valence-corrected chi connectivity index (χ1v) is 10.2. The van der Waals surface area contributed by atoms with Crippen molar-refractivity contribution in [3.05, 3.63) is 83.4 Å². The molecule has 0 bridgehead atoms. The van der Waals surface area contributed by atoms with Crippen molar-refractivity contribution in [2.75, 3.05) is 13.6 Å². The first kappa shape index (κ1) is 19.5. The number of carbonyl (C=O) groups excluding carboxylic acids is 1. The summed E-state index contributed by atoms with van der Waals surface area (Å²) < 4.78 is 0. The van der Waals surface area contributed by atoms with Crippen LogP contribution >= 0.6 is 0 Å². The summed E-state index contributed by atoms with van der Waals surface area (Å²) in [7, 11) is 2.12. The number of nitrogens with zero attached hydrogens (tertiary/aromatic N) is 1. The van der Waals surface area contributed by atoms with Crippen molar-refractivity contribution in [2.24, 2.45) is 0 Å². The number of benzene rings is 3. The largest absolute Gasteiger partial charge is 0.337 e. The highest BCUT2D eigenvalue weighted by Gasteiger charge is 2.26. The molecule has 0 saturated carbocycles. The van der Waals surface area contributed by atoms with Gasteiger partial charge in [-0.15, -0.1) is 0 Å². The Balaban J connectivity index is 1.38. The normalized spacial score (nSPS) is 17.0. The minimum Gasteiger partial charge on any atom is -0.337 e. The topological polar surface area (TPSA) is 44.4 Å². The monoisotopic (exact) mass is 387 g/mol. The van der Waals surface area contributed by atoms with E-state index in [4.69, 9.17) is 0 Å². The molecule has 29 heavy (non-hydrogen) atoms. The third-order valence-corrected chi connectivity index (χ3v) is 6.01. The molecule has 1 atom stereocenters. The molecule has 0 unspecified atom stereocenters. The highest BCUT2D eigenvalue weighted by Crippen LogP contribution is 2.25.